The molecule has 0 bridgehead atoms. The molecule has 1 saturated heterocycles. The zero-order valence-corrected chi connectivity index (χ0v) is 9.89. The molecule has 0 saturated carbocycles. The Bertz CT molecular complexity index is 196. The molecule has 1 aliphatic heterocycles. The second kappa shape index (κ2) is 6.92. The number of ether oxygens (including phenoxy) is 1. The van der Waals surface area contributed by atoms with Crippen LogP contribution in [0.4, 0.5) is 4.79 Å². The number of amides is 1. The lowest BCUT2D eigenvalue weighted by molar-refractivity contribution is 0.0955. The molecular weight excluding hydrogens is 214 g/mol. The van der Waals surface area contributed by atoms with Crippen LogP contribution in [0.5, 0.6) is 0 Å². The first-order chi connectivity index (χ1) is 7.27. The van der Waals surface area contributed by atoms with Gasteiger partial charge in [-0.1, -0.05) is 11.9 Å². The summed E-state index contributed by atoms with van der Waals surface area (Å²) in [6.45, 7) is 3.81. The van der Waals surface area contributed by atoms with Crippen LogP contribution in [0, 0.1) is 0 Å². The Morgan fingerprint density at radius 1 is 1.60 bits per heavy atom. The van der Waals surface area contributed by atoms with E-state index in [1.54, 1.807) is 4.90 Å². The molecule has 1 aliphatic rings. The Morgan fingerprint density at radius 2 is 2.27 bits per heavy atom. The summed E-state index contributed by atoms with van der Waals surface area (Å²) >= 11 is 1.29. The normalized spacial score (nSPS) is 17.9. The third-order valence-electron chi connectivity index (χ3n) is 2.48. The number of nitrogens with two attached hydrogens (primary N) is 1. The second-order valence-corrected chi connectivity index (χ2v) is 4.10. The van der Waals surface area contributed by atoms with Crippen LogP contribution in [0.25, 0.3) is 0 Å². The molecule has 88 valence electrons. The predicted molar refractivity (Wildman–Crippen MR) is 61.4 cm³/mol. The van der Waals surface area contributed by atoms with E-state index in [9.17, 15) is 4.79 Å². The van der Waals surface area contributed by atoms with Crippen LogP contribution in [0.1, 0.15) is 19.8 Å². The van der Waals surface area contributed by atoms with Gasteiger partial charge >= 0.3 is 6.09 Å². The molecule has 1 amide bonds. The van der Waals surface area contributed by atoms with Gasteiger partial charge in [-0.25, -0.2) is 4.79 Å². The Kier molecular flexibility index (Phi) is 5.82. The van der Waals surface area contributed by atoms with E-state index < -0.39 is 0 Å². The number of hydrogen-bond acceptors (Lipinski definition) is 5. The van der Waals surface area contributed by atoms with Gasteiger partial charge in [-0.05, 0) is 19.8 Å². The summed E-state index contributed by atoms with van der Waals surface area (Å²) in [5, 5.41) is 8.65. The Morgan fingerprint density at radius 3 is 2.80 bits per heavy atom. The van der Waals surface area contributed by atoms with Gasteiger partial charge < -0.3 is 15.0 Å². The van der Waals surface area contributed by atoms with Crippen molar-refractivity contribution >= 4 is 18.0 Å². The zero-order valence-electron chi connectivity index (χ0n) is 9.07. The fourth-order valence-electron chi connectivity index (χ4n) is 1.65. The van der Waals surface area contributed by atoms with Crippen molar-refractivity contribution in [3.63, 3.8) is 0 Å². The molecule has 0 aromatic heterocycles. The average Bonchev–Trinajstić information content (AvgIpc) is 2.27. The van der Waals surface area contributed by atoms with Gasteiger partial charge in [-0.2, -0.15) is 0 Å². The summed E-state index contributed by atoms with van der Waals surface area (Å²) in [5.74, 6) is 0.768. The maximum Gasteiger partial charge on any atom is 0.409 e. The fraction of sp³-hybridized carbons (Fsp3) is 0.889. The van der Waals surface area contributed by atoms with Crippen molar-refractivity contribution in [2.45, 2.75) is 25.8 Å². The van der Waals surface area contributed by atoms with Gasteiger partial charge in [-0.3, -0.25) is 5.14 Å². The number of nitrogens with zero attached hydrogens (tertiary/aromatic N) is 1. The van der Waals surface area contributed by atoms with Crippen molar-refractivity contribution in [1.29, 1.82) is 0 Å². The lowest BCUT2D eigenvalue weighted by Crippen LogP contribution is -2.45. The summed E-state index contributed by atoms with van der Waals surface area (Å²) in [4.78, 5) is 13.1. The number of hydrogen-bond donors (Lipinski definition) is 2. The number of carbonyl (C=O) groups is 1. The standard InChI is InChI=1S/C9H19N3O2S/c1-2-14-9(13)12-5-3-8(4-6-12)11-7-15-10/h8,11H,2-7,10H2,1H3. The molecule has 0 aromatic rings. The van der Waals surface area contributed by atoms with Gasteiger partial charge in [0.05, 0.1) is 12.5 Å². The van der Waals surface area contributed by atoms with Crippen LogP contribution in [-0.2, 0) is 4.74 Å². The average molecular weight is 233 g/mol. The van der Waals surface area contributed by atoms with Crippen molar-refractivity contribution in [3.05, 3.63) is 0 Å². The number of piperidine rings is 1. The summed E-state index contributed by atoms with van der Waals surface area (Å²) in [6, 6.07) is 0.478. The number of carbonyl (C=O) groups excluding carboxylic acids is 1. The summed E-state index contributed by atoms with van der Waals surface area (Å²) in [5.41, 5.74) is 0. The third-order valence-corrected chi connectivity index (χ3v) is 2.81. The highest BCUT2D eigenvalue weighted by atomic mass is 32.2. The molecule has 5 nitrogen and oxygen atoms in total. The number of nitrogens with one attached hydrogen (secondary N) is 1. The van der Waals surface area contributed by atoms with E-state index in [1.165, 1.54) is 11.9 Å². The number of likely N-dealkylation sites (tertiary alicyclic amines) is 1. The van der Waals surface area contributed by atoms with E-state index in [2.05, 4.69) is 5.32 Å². The minimum atomic E-state index is -0.191. The van der Waals surface area contributed by atoms with Crippen molar-refractivity contribution in [2.75, 3.05) is 25.6 Å². The van der Waals surface area contributed by atoms with E-state index in [4.69, 9.17) is 9.88 Å². The first-order valence-electron chi connectivity index (χ1n) is 5.24. The van der Waals surface area contributed by atoms with Crippen molar-refractivity contribution in [2.24, 2.45) is 5.14 Å². The van der Waals surface area contributed by atoms with Crippen LogP contribution in [0.2, 0.25) is 0 Å². The first kappa shape index (κ1) is 12.6. The van der Waals surface area contributed by atoms with Crippen molar-refractivity contribution < 1.29 is 9.53 Å². The molecule has 3 N–H and O–H groups in total. The maximum atomic E-state index is 11.4. The molecule has 15 heavy (non-hydrogen) atoms. The highest BCUT2D eigenvalue weighted by molar-refractivity contribution is 7.97. The fourth-order valence-corrected chi connectivity index (χ4v) is 1.98. The lowest BCUT2D eigenvalue weighted by Gasteiger charge is -2.31. The van der Waals surface area contributed by atoms with E-state index in [0.717, 1.165) is 31.8 Å². The minimum Gasteiger partial charge on any atom is -0.450 e. The molecular formula is C9H19N3O2S. The van der Waals surface area contributed by atoms with E-state index in [0.29, 0.717) is 12.6 Å². The van der Waals surface area contributed by atoms with Crippen LogP contribution in [-0.4, -0.2) is 42.6 Å². The van der Waals surface area contributed by atoms with Crippen LogP contribution in [0.3, 0.4) is 0 Å². The summed E-state index contributed by atoms with van der Waals surface area (Å²) in [6.07, 6.45) is 1.75. The van der Waals surface area contributed by atoms with Crippen LogP contribution < -0.4 is 10.5 Å². The Balaban J connectivity index is 2.20. The van der Waals surface area contributed by atoms with Gasteiger partial charge in [0.25, 0.3) is 0 Å². The van der Waals surface area contributed by atoms with Crippen LogP contribution in [0.15, 0.2) is 0 Å². The number of rotatable bonds is 4. The lowest BCUT2D eigenvalue weighted by atomic mass is 10.1. The van der Waals surface area contributed by atoms with Gasteiger partial charge in [0.2, 0.25) is 0 Å². The molecule has 0 aliphatic carbocycles. The molecule has 1 heterocycles. The monoisotopic (exact) mass is 233 g/mol. The van der Waals surface area contributed by atoms with Gasteiger partial charge in [-0.15, -0.1) is 0 Å². The predicted octanol–water partition coefficient (Wildman–Crippen LogP) is 0.761. The molecule has 0 aromatic carbocycles. The van der Waals surface area contributed by atoms with Crippen LogP contribution >= 0.6 is 11.9 Å². The highest BCUT2D eigenvalue weighted by Crippen LogP contribution is 2.11. The summed E-state index contributed by atoms with van der Waals surface area (Å²) < 4.78 is 4.94. The smallest absolute Gasteiger partial charge is 0.409 e. The molecule has 1 rings (SSSR count). The molecule has 0 spiro atoms. The summed E-state index contributed by atoms with van der Waals surface area (Å²) in [7, 11) is 0. The second-order valence-electron chi connectivity index (χ2n) is 3.48. The largest absolute Gasteiger partial charge is 0.450 e. The third kappa shape index (κ3) is 4.27. The van der Waals surface area contributed by atoms with Gasteiger partial charge in [0.1, 0.15) is 0 Å². The quantitative estimate of drug-likeness (QED) is 0.554. The van der Waals surface area contributed by atoms with Gasteiger partial charge in [0.15, 0.2) is 0 Å². The molecule has 0 unspecified atom stereocenters. The molecule has 1 fully saturated rings. The van der Waals surface area contributed by atoms with Gasteiger partial charge in [0, 0.05) is 19.1 Å². The SMILES string of the molecule is CCOC(=O)N1CCC(NCSN)CC1. The highest BCUT2D eigenvalue weighted by Gasteiger charge is 2.22. The van der Waals surface area contributed by atoms with E-state index >= 15 is 0 Å². The van der Waals surface area contributed by atoms with Crippen molar-refractivity contribution in [1.82, 2.24) is 10.2 Å². The topological polar surface area (TPSA) is 67.6 Å². The Hall–Kier alpha value is -0.460. The maximum absolute atomic E-state index is 11.4. The Labute approximate surface area is 94.8 Å². The van der Waals surface area contributed by atoms with E-state index in [-0.39, 0.29) is 6.09 Å². The minimum absolute atomic E-state index is 0.191. The first-order valence-corrected chi connectivity index (χ1v) is 6.29. The van der Waals surface area contributed by atoms with E-state index in [1.807, 2.05) is 6.92 Å². The molecule has 6 heteroatoms. The zero-order chi connectivity index (χ0) is 11.1. The molecule has 0 atom stereocenters. The van der Waals surface area contributed by atoms with Crippen molar-refractivity contribution in [3.8, 4) is 0 Å². The molecule has 0 radical (unpaired) electrons.